The first kappa shape index (κ1) is 20.4. The molecule has 27 heavy (non-hydrogen) atoms. The van der Waals surface area contributed by atoms with Crippen LogP contribution in [-0.2, 0) is 11.2 Å². The molecule has 0 aliphatic carbocycles. The molecule has 0 aromatic heterocycles. The Labute approximate surface area is 161 Å². The highest BCUT2D eigenvalue weighted by atomic mass is 19.1. The van der Waals surface area contributed by atoms with Crippen molar-refractivity contribution < 1.29 is 23.7 Å². The lowest BCUT2D eigenvalue weighted by molar-refractivity contribution is -0.149. The van der Waals surface area contributed by atoms with Gasteiger partial charge >= 0.3 is 0 Å². The normalized spacial score (nSPS) is 25.6. The molecular weight excluding hydrogens is 349 g/mol. The average molecular weight is 381 g/mol. The second-order valence-electron chi connectivity index (χ2n) is 8.43. The fourth-order valence-corrected chi connectivity index (χ4v) is 4.07. The Hall–Kier alpha value is -1.37. The second kappa shape index (κ2) is 8.33. The average Bonchev–Trinajstić information content (AvgIpc) is 2.61. The van der Waals surface area contributed by atoms with Crippen molar-refractivity contribution in [2.45, 2.75) is 63.9 Å². The van der Waals surface area contributed by atoms with E-state index in [1.54, 1.807) is 7.11 Å². The molecule has 3 atom stereocenters. The predicted molar refractivity (Wildman–Crippen MR) is 102 cm³/mol. The highest BCUT2D eigenvalue weighted by molar-refractivity contribution is 5.49. The lowest BCUT2D eigenvalue weighted by atomic mass is 9.84. The summed E-state index contributed by atoms with van der Waals surface area (Å²) < 4.78 is 29.7. The Bertz CT molecular complexity index is 646. The molecule has 1 N–H and O–H groups in total. The maximum Gasteiger partial charge on any atom is 0.161 e. The molecule has 0 bridgehead atoms. The number of halogens is 1. The Balaban J connectivity index is 1.80. The zero-order chi connectivity index (χ0) is 19.6. The van der Waals surface area contributed by atoms with Crippen LogP contribution >= 0.6 is 0 Å². The van der Waals surface area contributed by atoms with E-state index in [2.05, 4.69) is 4.90 Å². The second-order valence-corrected chi connectivity index (χ2v) is 8.43. The van der Waals surface area contributed by atoms with Crippen molar-refractivity contribution in [1.29, 1.82) is 0 Å². The molecular formula is C21H32FNO4. The van der Waals surface area contributed by atoms with Crippen LogP contribution in [0.25, 0.3) is 0 Å². The monoisotopic (exact) mass is 381 g/mol. The van der Waals surface area contributed by atoms with E-state index in [4.69, 9.17) is 14.2 Å². The van der Waals surface area contributed by atoms with Gasteiger partial charge in [0.25, 0.3) is 0 Å². The smallest absolute Gasteiger partial charge is 0.161 e. The lowest BCUT2D eigenvalue weighted by Crippen LogP contribution is -2.53. The minimum atomic E-state index is -0.497. The summed E-state index contributed by atoms with van der Waals surface area (Å²) in [6.07, 6.45) is 1.25. The molecule has 6 heteroatoms. The van der Waals surface area contributed by atoms with Gasteiger partial charge in [-0.25, -0.2) is 0 Å². The van der Waals surface area contributed by atoms with Gasteiger partial charge in [-0.15, -0.1) is 0 Å². The van der Waals surface area contributed by atoms with Crippen LogP contribution in [0, 0.1) is 0 Å². The topological polar surface area (TPSA) is 51.2 Å². The van der Waals surface area contributed by atoms with Gasteiger partial charge < -0.3 is 19.3 Å². The van der Waals surface area contributed by atoms with Crippen LogP contribution in [0.3, 0.4) is 0 Å². The minimum Gasteiger partial charge on any atom is -0.493 e. The van der Waals surface area contributed by atoms with Crippen LogP contribution < -0.4 is 9.47 Å². The number of benzene rings is 1. The number of rotatable bonds is 6. The number of nitrogens with zero attached hydrogens (tertiary/aromatic N) is 1. The largest absolute Gasteiger partial charge is 0.493 e. The highest BCUT2D eigenvalue weighted by Gasteiger charge is 2.40. The summed E-state index contributed by atoms with van der Waals surface area (Å²) in [6, 6.07) is 4.19. The fraction of sp³-hybridized carbons (Fsp3) is 0.714. The van der Waals surface area contributed by atoms with Gasteiger partial charge in [-0.05, 0) is 56.9 Å². The predicted octanol–water partition coefficient (Wildman–Crippen LogP) is 3.28. The lowest BCUT2D eigenvalue weighted by Gasteiger charge is -2.46. The number of alkyl halides is 1. The molecule has 1 saturated heterocycles. The van der Waals surface area contributed by atoms with E-state index in [-0.39, 0.29) is 24.4 Å². The number of methoxy groups -OCH3 is 1. The molecule has 1 aromatic carbocycles. The molecule has 1 fully saturated rings. The summed E-state index contributed by atoms with van der Waals surface area (Å²) in [4.78, 5) is 2.40. The van der Waals surface area contributed by atoms with E-state index in [0.29, 0.717) is 30.9 Å². The SMILES string of the molecule is COc1cc2c(cc1OCCCF)CCN1CC(OC(C)(C)C)C(O)CC21. The third-order valence-electron chi connectivity index (χ3n) is 5.24. The number of piperidine rings is 1. The van der Waals surface area contributed by atoms with Gasteiger partial charge in [-0.3, -0.25) is 9.29 Å². The molecule has 5 nitrogen and oxygen atoms in total. The summed E-state index contributed by atoms with van der Waals surface area (Å²) >= 11 is 0. The Morgan fingerprint density at radius 1 is 1.26 bits per heavy atom. The molecule has 1 aromatic rings. The number of fused-ring (bicyclic) bond motifs is 3. The molecule has 0 radical (unpaired) electrons. The van der Waals surface area contributed by atoms with Crippen molar-refractivity contribution in [3.8, 4) is 11.5 Å². The van der Waals surface area contributed by atoms with E-state index in [0.717, 1.165) is 19.5 Å². The van der Waals surface area contributed by atoms with Gasteiger partial charge in [-0.2, -0.15) is 0 Å². The van der Waals surface area contributed by atoms with Crippen molar-refractivity contribution in [2.75, 3.05) is 33.5 Å². The van der Waals surface area contributed by atoms with Gasteiger partial charge in [0.1, 0.15) is 0 Å². The fourth-order valence-electron chi connectivity index (χ4n) is 4.07. The van der Waals surface area contributed by atoms with Crippen LogP contribution in [0.2, 0.25) is 0 Å². The summed E-state index contributed by atoms with van der Waals surface area (Å²) in [5, 5.41) is 10.7. The number of hydrogen-bond acceptors (Lipinski definition) is 5. The Morgan fingerprint density at radius 2 is 2.04 bits per heavy atom. The van der Waals surface area contributed by atoms with Crippen molar-refractivity contribution in [2.24, 2.45) is 0 Å². The van der Waals surface area contributed by atoms with Gasteiger partial charge in [0.15, 0.2) is 11.5 Å². The molecule has 2 aliphatic heterocycles. The first-order valence-corrected chi connectivity index (χ1v) is 9.82. The molecule has 152 valence electrons. The number of hydrogen-bond donors (Lipinski definition) is 1. The zero-order valence-corrected chi connectivity index (χ0v) is 16.8. The van der Waals surface area contributed by atoms with E-state index < -0.39 is 6.10 Å². The van der Waals surface area contributed by atoms with Gasteiger partial charge in [0, 0.05) is 25.6 Å². The third-order valence-corrected chi connectivity index (χ3v) is 5.24. The van der Waals surface area contributed by atoms with Crippen molar-refractivity contribution in [1.82, 2.24) is 4.90 Å². The molecule has 3 rings (SSSR count). The maximum absolute atomic E-state index is 12.4. The quantitative estimate of drug-likeness (QED) is 0.767. The van der Waals surface area contributed by atoms with Crippen molar-refractivity contribution >= 4 is 0 Å². The Kier molecular flexibility index (Phi) is 6.28. The Morgan fingerprint density at radius 3 is 2.70 bits per heavy atom. The zero-order valence-electron chi connectivity index (χ0n) is 16.8. The molecule has 0 amide bonds. The molecule has 3 unspecified atom stereocenters. The molecule has 0 saturated carbocycles. The van der Waals surface area contributed by atoms with Gasteiger partial charge in [0.2, 0.25) is 0 Å². The van der Waals surface area contributed by atoms with E-state index >= 15 is 0 Å². The molecule has 2 heterocycles. The van der Waals surface area contributed by atoms with Crippen molar-refractivity contribution in [3.05, 3.63) is 23.3 Å². The van der Waals surface area contributed by atoms with E-state index in [9.17, 15) is 9.50 Å². The van der Waals surface area contributed by atoms with Crippen LogP contribution in [0.1, 0.15) is 50.8 Å². The number of aliphatic hydroxyl groups excluding tert-OH is 1. The van der Waals surface area contributed by atoms with Crippen LogP contribution in [-0.4, -0.2) is 61.3 Å². The molecule has 2 aliphatic rings. The van der Waals surface area contributed by atoms with E-state index in [1.165, 1.54) is 11.1 Å². The maximum atomic E-state index is 12.4. The summed E-state index contributed by atoms with van der Waals surface area (Å²) in [7, 11) is 1.62. The van der Waals surface area contributed by atoms with Crippen LogP contribution in [0.4, 0.5) is 4.39 Å². The first-order chi connectivity index (χ1) is 12.8. The minimum absolute atomic E-state index is 0.150. The van der Waals surface area contributed by atoms with Crippen molar-refractivity contribution in [3.63, 3.8) is 0 Å². The third kappa shape index (κ3) is 4.73. The summed E-state index contributed by atoms with van der Waals surface area (Å²) in [5.41, 5.74) is 2.13. The van der Waals surface area contributed by atoms with Crippen LogP contribution in [0.15, 0.2) is 12.1 Å². The van der Waals surface area contributed by atoms with Gasteiger partial charge in [0.05, 0.1) is 38.2 Å². The van der Waals surface area contributed by atoms with Gasteiger partial charge in [-0.1, -0.05) is 0 Å². The van der Waals surface area contributed by atoms with Crippen LogP contribution in [0.5, 0.6) is 11.5 Å². The number of aliphatic hydroxyl groups is 1. The summed E-state index contributed by atoms with van der Waals surface area (Å²) in [6.45, 7) is 7.65. The number of ether oxygens (including phenoxy) is 3. The summed E-state index contributed by atoms with van der Waals surface area (Å²) in [5.74, 6) is 1.33. The highest BCUT2D eigenvalue weighted by Crippen LogP contribution is 2.42. The first-order valence-electron chi connectivity index (χ1n) is 9.82. The molecule has 0 spiro atoms. The standard InChI is InChI=1S/C21H32FNO4/c1-21(2,3)27-20-13-23-8-6-14-10-19(26-9-5-7-22)18(25-4)11-15(14)16(23)12-17(20)24/h10-11,16-17,20,24H,5-9,12-13H2,1-4H3. The van der Waals surface area contributed by atoms with E-state index in [1.807, 2.05) is 32.9 Å².